The van der Waals surface area contributed by atoms with E-state index in [2.05, 4.69) is 17.4 Å². The third-order valence-corrected chi connectivity index (χ3v) is 4.72. The van der Waals surface area contributed by atoms with Crippen molar-refractivity contribution < 1.29 is 4.79 Å². The predicted octanol–water partition coefficient (Wildman–Crippen LogP) is 2.99. The minimum absolute atomic E-state index is 0. The van der Waals surface area contributed by atoms with Crippen LogP contribution in [-0.4, -0.2) is 29.9 Å². The van der Waals surface area contributed by atoms with Gasteiger partial charge in [0.2, 0.25) is 5.91 Å². The summed E-state index contributed by atoms with van der Waals surface area (Å²) in [6, 6.07) is 11.6. The molecule has 0 aromatic heterocycles. The quantitative estimate of drug-likeness (QED) is 0.927. The first-order valence-corrected chi connectivity index (χ1v) is 7.74. The van der Waals surface area contributed by atoms with Crippen molar-refractivity contribution >= 4 is 18.3 Å². The van der Waals surface area contributed by atoms with E-state index in [9.17, 15) is 4.79 Å². The van der Waals surface area contributed by atoms with E-state index in [0.717, 1.165) is 13.0 Å². The van der Waals surface area contributed by atoms with Crippen molar-refractivity contribution in [3.63, 3.8) is 0 Å². The number of piperidine rings is 1. The van der Waals surface area contributed by atoms with E-state index in [1.807, 2.05) is 30.1 Å². The zero-order valence-electron chi connectivity index (χ0n) is 12.6. The van der Waals surface area contributed by atoms with Crippen molar-refractivity contribution in [2.45, 2.75) is 50.7 Å². The highest BCUT2D eigenvalue weighted by Gasteiger charge is 2.34. The molecule has 3 nitrogen and oxygen atoms in total. The van der Waals surface area contributed by atoms with Gasteiger partial charge in [-0.1, -0.05) is 30.3 Å². The van der Waals surface area contributed by atoms with Crippen molar-refractivity contribution in [2.75, 3.05) is 7.05 Å². The predicted molar refractivity (Wildman–Crippen MR) is 87.5 cm³/mol. The highest BCUT2D eigenvalue weighted by molar-refractivity contribution is 5.85. The monoisotopic (exact) mass is 308 g/mol. The summed E-state index contributed by atoms with van der Waals surface area (Å²) < 4.78 is 0. The van der Waals surface area contributed by atoms with Crippen molar-refractivity contribution in [1.82, 2.24) is 10.2 Å². The number of hydrogen-bond donors (Lipinski definition) is 1. The Balaban J connectivity index is 0.00000161. The highest BCUT2D eigenvalue weighted by atomic mass is 35.5. The van der Waals surface area contributed by atoms with E-state index in [1.165, 1.54) is 31.2 Å². The van der Waals surface area contributed by atoms with Gasteiger partial charge < -0.3 is 10.2 Å². The molecule has 1 aromatic carbocycles. The van der Waals surface area contributed by atoms with Gasteiger partial charge >= 0.3 is 0 Å². The Labute approximate surface area is 133 Å². The van der Waals surface area contributed by atoms with Crippen LogP contribution in [0.5, 0.6) is 0 Å². The van der Waals surface area contributed by atoms with Gasteiger partial charge in [-0.25, -0.2) is 0 Å². The van der Waals surface area contributed by atoms with Crippen LogP contribution in [0.15, 0.2) is 30.3 Å². The standard InChI is InChI=1S/C17H24N2O.ClH/c1-19(12-13-5-3-2-4-6-13)17(20)11-14-9-15-7-8-16(10-14)18-15;/h2-6,14-16,18H,7-12H2,1H3;1H. The Kier molecular flexibility index (Phi) is 5.65. The van der Waals surface area contributed by atoms with E-state index >= 15 is 0 Å². The Morgan fingerprint density at radius 3 is 2.43 bits per heavy atom. The van der Waals surface area contributed by atoms with Gasteiger partial charge in [0.15, 0.2) is 0 Å². The van der Waals surface area contributed by atoms with E-state index < -0.39 is 0 Å². The number of carbonyl (C=O) groups excluding carboxylic acids is 1. The molecular weight excluding hydrogens is 284 g/mol. The summed E-state index contributed by atoms with van der Waals surface area (Å²) >= 11 is 0. The number of benzene rings is 1. The average molecular weight is 309 g/mol. The second-order valence-corrected chi connectivity index (χ2v) is 6.41. The topological polar surface area (TPSA) is 32.3 Å². The summed E-state index contributed by atoms with van der Waals surface area (Å²) in [6.07, 6.45) is 5.69. The zero-order valence-corrected chi connectivity index (χ0v) is 13.4. The zero-order chi connectivity index (χ0) is 13.9. The minimum Gasteiger partial charge on any atom is -0.341 e. The molecule has 2 heterocycles. The van der Waals surface area contributed by atoms with Crippen LogP contribution in [0.2, 0.25) is 0 Å². The summed E-state index contributed by atoms with van der Waals surface area (Å²) in [5.41, 5.74) is 1.20. The van der Waals surface area contributed by atoms with Gasteiger partial charge in [0, 0.05) is 32.1 Å². The second kappa shape index (κ2) is 7.28. The number of nitrogens with zero attached hydrogens (tertiary/aromatic N) is 1. The summed E-state index contributed by atoms with van der Waals surface area (Å²) in [6.45, 7) is 0.720. The number of rotatable bonds is 4. The number of halogens is 1. The largest absolute Gasteiger partial charge is 0.341 e. The maximum Gasteiger partial charge on any atom is 0.222 e. The van der Waals surface area contributed by atoms with Crippen LogP contribution in [0.3, 0.4) is 0 Å². The number of hydrogen-bond acceptors (Lipinski definition) is 2. The van der Waals surface area contributed by atoms with Gasteiger partial charge in [-0.2, -0.15) is 0 Å². The fraction of sp³-hybridized carbons (Fsp3) is 0.588. The van der Waals surface area contributed by atoms with Crippen molar-refractivity contribution in [3.8, 4) is 0 Å². The number of carbonyl (C=O) groups is 1. The van der Waals surface area contributed by atoms with E-state index in [4.69, 9.17) is 0 Å². The third-order valence-electron chi connectivity index (χ3n) is 4.72. The smallest absolute Gasteiger partial charge is 0.222 e. The average Bonchev–Trinajstić information content (AvgIpc) is 2.79. The number of fused-ring (bicyclic) bond motifs is 2. The Morgan fingerprint density at radius 1 is 1.19 bits per heavy atom. The van der Waals surface area contributed by atoms with Crippen LogP contribution < -0.4 is 5.32 Å². The van der Waals surface area contributed by atoms with E-state index in [1.54, 1.807) is 0 Å². The van der Waals surface area contributed by atoms with Crippen LogP contribution in [0.1, 0.15) is 37.7 Å². The molecule has 0 aliphatic carbocycles. The summed E-state index contributed by atoms with van der Waals surface area (Å²) in [7, 11) is 1.92. The fourth-order valence-electron chi connectivity index (χ4n) is 3.69. The maximum atomic E-state index is 12.4. The van der Waals surface area contributed by atoms with Gasteiger partial charge in [0.25, 0.3) is 0 Å². The van der Waals surface area contributed by atoms with Gasteiger partial charge in [-0.15, -0.1) is 12.4 Å². The Bertz CT molecular complexity index is 453. The van der Waals surface area contributed by atoms with Gasteiger partial charge in [-0.3, -0.25) is 4.79 Å². The van der Waals surface area contributed by atoms with Gasteiger partial charge in [0.05, 0.1) is 0 Å². The molecule has 4 heteroatoms. The summed E-state index contributed by atoms with van der Waals surface area (Å²) in [5, 5.41) is 3.64. The molecular formula is C17H25ClN2O. The second-order valence-electron chi connectivity index (χ2n) is 6.41. The molecule has 2 saturated heterocycles. The number of nitrogens with one attached hydrogen (secondary N) is 1. The first-order chi connectivity index (χ1) is 9.70. The highest BCUT2D eigenvalue weighted by Crippen LogP contribution is 2.32. The first kappa shape index (κ1) is 16.3. The lowest BCUT2D eigenvalue weighted by Gasteiger charge is -2.30. The molecule has 0 spiro atoms. The fourth-order valence-corrected chi connectivity index (χ4v) is 3.69. The molecule has 0 radical (unpaired) electrons. The molecule has 1 amide bonds. The Hall–Kier alpha value is -1.06. The maximum absolute atomic E-state index is 12.4. The van der Waals surface area contributed by atoms with Crippen molar-refractivity contribution in [1.29, 1.82) is 0 Å². The molecule has 2 aliphatic rings. The molecule has 2 bridgehead atoms. The molecule has 2 fully saturated rings. The van der Waals surface area contributed by atoms with Gasteiger partial charge in [0.1, 0.15) is 0 Å². The molecule has 21 heavy (non-hydrogen) atoms. The molecule has 2 aliphatic heterocycles. The van der Waals surface area contributed by atoms with E-state index in [-0.39, 0.29) is 12.4 Å². The van der Waals surface area contributed by atoms with Crippen LogP contribution in [-0.2, 0) is 11.3 Å². The molecule has 0 saturated carbocycles. The number of amides is 1. The van der Waals surface area contributed by atoms with E-state index in [0.29, 0.717) is 23.9 Å². The SMILES string of the molecule is CN(Cc1ccccc1)C(=O)CC1CC2CCC(C1)N2.Cl. The minimum atomic E-state index is 0. The van der Waals surface area contributed by atoms with Crippen molar-refractivity contribution in [2.24, 2.45) is 5.92 Å². The molecule has 3 rings (SSSR count). The first-order valence-electron chi connectivity index (χ1n) is 7.74. The molecule has 1 N–H and O–H groups in total. The van der Waals surface area contributed by atoms with Crippen molar-refractivity contribution in [3.05, 3.63) is 35.9 Å². The summed E-state index contributed by atoms with van der Waals surface area (Å²) in [5.74, 6) is 0.875. The molecule has 2 atom stereocenters. The normalized spacial score (nSPS) is 27.0. The Morgan fingerprint density at radius 2 is 1.81 bits per heavy atom. The van der Waals surface area contributed by atoms with Crippen LogP contribution in [0, 0.1) is 5.92 Å². The summed E-state index contributed by atoms with van der Waals surface area (Å²) in [4.78, 5) is 14.2. The van der Waals surface area contributed by atoms with Crippen LogP contribution >= 0.6 is 12.4 Å². The van der Waals surface area contributed by atoms with Crippen LogP contribution in [0.4, 0.5) is 0 Å². The lowest BCUT2D eigenvalue weighted by Crippen LogP contribution is -2.39. The lowest BCUT2D eigenvalue weighted by atomic mass is 9.89. The lowest BCUT2D eigenvalue weighted by molar-refractivity contribution is -0.131. The molecule has 1 aromatic rings. The third kappa shape index (κ3) is 4.21. The molecule has 116 valence electrons. The van der Waals surface area contributed by atoms with Crippen LogP contribution in [0.25, 0.3) is 0 Å². The molecule has 2 unspecified atom stereocenters. The van der Waals surface area contributed by atoms with Gasteiger partial charge in [-0.05, 0) is 37.2 Å².